The highest BCUT2D eigenvalue weighted by Gasteiger charge is 2.35. The van der Waals surface area contributed by atoms with E-state index in [0.29, 0.717) is 6.04 Å². The van der Waals surface area contributed by atoms with Gasteiger partial charge in [-0.05, 0) is 40.8 Å². The molecule has 6 nitrogen and oxygen atoms in total. The number of pyridine rings is 1. The molecule has 1 amide bonds. The lowest BCUT2D eigenvalue weighted by molar-refractivity contribution is -0.131. The first-order chi connectivity index (χ1) is 17.7. The van der Waals surface area contributed by atoms with E-state index >= 15 is 0 Å². The lowest BCUT2D eigenvalue weighted by atomic mass is 9.96. The van der Waals surface area contributed by atoms with Crippen molar-refractivity contribution in [2.75, 3.05) is 50.4 Å². The smallest absolute Gasteiger partial charge is 0.240 e. The van der Waals surface area contributed by atoms with Crippen LogP contribution in [0.2, 0.25) is 0 Å². The fraction of sp³-hybridized carbons (Fsp3) is 0.379. The molecule has 4 heterocycles. The molecule has 2 saturated heterocycles. The fourth-order valence-corrected chi connectivity index (χ4v) is 6.98. The molecule has 3 aliphatic heterocycles. The summed E-state index contributed by atoms with van der Waals surface area (Å²) in [6, 6.07) is 22.0. The average molecular weight is 500 g/mol. The number of fused-ring (bicyclic) bond motifs is 5. The zero-order valence-corrected chi connectivity index (χ0v) is 21.5. The van der Waals surface area contributed by atoms with E-state index in [1.165, 1.54) is 22.4 Å². The predicted molar refractivity (Wildman–Crippen MR) is 146 cm³/mol. The van der Waals surface area contributed by atoms with Gasteiger partial charge in [-0.25, -0.2) is 0 Å². The van der Waals surface area contributed by atoms with Crippen LogP contribution in [0.15, 0.2) is 73.1 Å². The van der Waals surface area contributed by atoms with Crippen LogP contribution in [0.25, 0.3) is 0 Å². The van der Waals surface area contributed by atoms with Crippen molar-refractivity contribution in [3.63, 3.8) is 0 Å². The number of amides is 1. The summed E-state index contributed by atoms with van der Waals surface area (Å²) in [5.74, 6) is 0.973. The van der Waals surface area contributed by atoms with Crippen molar-refractivity contribution in [3.8, 4) is 0 Å². The Bertz CT molecular complexity index is 1220. The van der Waals surface area contributed by atoms with Crippen molar-refractivity contribution in [2.45, 2.75) is 23.9 Å². The highest BCUT2D eigenvalue weighted by atomic mass is 32.2. The van der Waals surface area contributed by atoms with E-state index in [0.717, 1.165) is 50.5 Å². The van der Waals surface area contributed by atoms with Crippen LogP contribution >= 0.6 is 11.8 Å². The molecule has 6 rings (SSSR count). The Kier molecular flexibility index (Phi) is 6.69. The largest absolute Gasteiger partial charge is 0.362 e. The Morgan fingerprint density at radius 3 is 2.78 bits per heavy atom. The van der Waals surface area contributed by atoms with E-state index in [1.54, 1.807) is 18.0 Å². The fourth-order valence-electron chi connectivity index (χ4n) is 5.77. The lowest BCUT2D eigenvalue weighted by Crippen LogP contribution is -2.51. The van der Waals surface area contributed by atoms with Crippen LogP contribution in [-0.2, 0) is 11.2 Å². The topological polar surface area (TPSA) is 51.7 Å². The maximum Gasteiger partial charge on any atom is 0.240 e. The number of benzene rings is 2. The second kappa shape index (κ2) is 10.2. The molecule has 3 aliphatic rings. The average Bonchev–Trinajstić information content (AvgIpc) is 3.38. The molecule has 1 N–H and O–H groups in total. The van der Waals surface area contributed by atoms with E-state index in [4.69, 9.17) is 0 Å². The van der Waals surface area contributed by atoms with Crippen LogP contribution < -0.4 is 10.2 Å². The highest BCUT2D eigenvalue weighted by Crippen LogP contribution is 2.39. The SMILES string of the molecule is CN(CCN1CCN2c3ccccc3Cc3ccccc3[C@H]2C1)C(=O)[C@@H]1CSC(c2cccnc2)N1. The standard InChI is InChI=1S/C29H33N5OS/c1-32(29(35)25-20-36-28(31-25)23-9-6-12-30-18-23)13-14-33-15-16-34-26-11-5-3-8-22(26)17-21-7-2-4-10-24(21)27(34)19-33/h2-12,18,25,27-28,31H,13-17,19-20H2,1H3/t25-,27+,28?/m0/s1. The van der Waals surface area contributed by atoms with Gasteiger partial charge in [0.25, 0.3) is 0 Å². The molecule has 3 atom stereocenters. The van der Waals surface area contributed by atoms with Crippen LogP contribution in [0.3, 0.4) is 0 Å². The van der Waals surface area contributed by atoms with Crippen molar-refractivity contribution in [1.82, 2.24) is 20.1 Å². The molecular formula is C29H33N5OS. The number of hydrogen-bond acceptors (Lipinski definition) is 6. The molecule has 2 aromatic carbocycles. The summed E-state index contributed by atoms with van der Waals surface area (Å²) in [6.07, 6.45) is 4.65. The number of anilines is 1. The van der Waals surface area contributed by atoms with Gasteiger partial charge >= 0.3 is 0 Å². The maximum absolute atomic E-state index is 13.2. The minimum absolute atomic E-state index is 0.132. The van der Waals surface area contributed by atoms with E-state index in [-0.39, 0.29) is 17.3 Å². The van der Waals surface area contributed by atoms with Crippen LogP contribution in [0, 0.1) is 0 Å². The molecular weight excluding hydrogens is 466 g/mol. The van der Waals surface area contributed by atoms with Crippen molar-refractivity contribution in [1.29, 1.82) is 0 Å². The molecule has 1 aromatic heterocycles. The Labute approximate surface area is 217 Å². The summed E-state index contributed by atoms with van der Waals surface area (Å²) in [6.45, 7) is 4.62. The van der Waals surface area contributed by atoms with Gasteiger partial charge in [-0.2, -0.15) is 0 Å². The summed E-state index contributed by atoms with van der Waals surface area (Å²) in [4.78, 5) is 24.4. The van der Waals surface area contributed by atoms with Gasteiger partial charge in [0, 0.05) is 63.6 Å². The van der Waals surface area contributed by atoms with E-state index in [2.05, 4.69) is 74.7 Å². The number of likely N-dealkylation sites (N-methyl/N-ethyl adjacent to an activating group) is 1. The summed E-state index contributed by atoms with van der Waals surface area (Å²) in [7, 11) is 1.94. The van der Waals surface area contributed by atoms with Gasteiger partial charge in [-0.1, -0.05) is 48.5 Å². The quantitative estimate of drug-likeness (QED) is 0.578. The van der Waals surface area contributed by atoms with Crippen molar-refractivity contribution in [3.05, 3.63) is 95.3 Å². The molecule has 2 fully saturated rings. The Morgan fingerprint density at radius 2 is 1.92 bits per heavy atom. The van der Waals surface area contributed by atoms with Gasteiger partial charge in [0.05, 0.1) is 17.5 Å². The third kappa shape index (κ3) is 4.63. The molecule has 0 aliphatic carbocycles. The molecule has 7 heteroatoms. The number of nitrogens with zero attached hydrogens (tertiary/aromatic N) is 4. The normalized spacial score (nSPS) is 23.4. The Balaban J connectivity index is 1.09. The van der Waals surface area contributed by atoms with Crippen LogP contribution in [0.4, 0.5) is 5.69 Å². The number of thioether (sulfide) groups is 1. The van der Waals surface area contributed by atoms with E-state index < -0.39 is 0 Å². The summed E-state index contributed by atoms with van der Waals surface area (Å²) < 4.78 is 0. The number of rotatable bonds is 5. The van der Waals surface area contributed by atoms with Crippen molar-refractivity contribution in [2.24, 2.45) is 0 Å². The predicted octanol–water partition coefficient (Wildman–Crippen LogP) is 3.71. The first-order valence-electron chi connectivity index (χ1n) is 12.8. The summed E-state index contributed by atoms with van der Waals surface area (Å²) in [5.41, 5.74) is 6.79. The zero-order chi connectivity index (χ0) is 24.5. The summed E-state index contributed by atoms with van der Waals surface area (Å²) in [5, 5.41) is 3.63. The number of hydrogen-bond donors (Lipinski definition) is 1. The minimum Gasteiger partial charge on any atom is -0.362 e. The third-order valence-electron chi connectivity index (χ3n) is 7.76. The van der Waals surface area contributed by atoms with Crippen LogP contribution in [-0.4, -0.2) is 72.3 Å². The molecule has 0 spiro atoms. The maximum atomic E-state index is 13.2. The van der Waals surface area contributed by atoms with Crippen molar-refractivity contribution < 1.29 is 4.79 Å². The number of carbonyl (C=O) groups is 1. The number of para-hydroxylation sites is 1. The van der Waals surface area contributed by atoms with Gasteiger partial charge in [0.15, 0.2) is 0 Å². The van der Waals surface area contributed by atoms with Crippen LogP contribution in [0.5, 0.6) is 0 Å². The molecule has 186 valence electrons. The molecule has 0 bridgehead atoms. The third-order valence-corrected chi connectivity index (χ3v) is 9.02. The van der Waals surface area contributed by atoms with Gasteiger partial charge in [0.2, 0.25) is 5.91 Å². The number of aromatic nitrogens is 1. The molecule has 1 unspecified atom stereocenters. The van der Waals surface area contributed by atoms with E-state index in [9.17, 15) is 4.79 Å². The minimum atomic E-state index is -0.146. The monoisotopic (exact) mass is 499 g/mol. The highest BCUT2D eigenvalue weighted by molar-refractivity contribution is 7.99. The molecule has 36 heavy (non-hydrogen) atoms. The van der Waals surface area contributed by atoms with Gasteiger partial charge < -0.3 is 9.80 Å². The van der Waals surface area contributed by atoms with Crippen LogP contribution in [0.1, 0.15) is 33.7 Å². The second-order valence-electron chi connectivity index (χ2n) is 9.99. The second-order valence-corrected chi connectivity index (χ2v) is 11.1. The summed E-state index contributed by atoms with van der Waals surface area (Å²) >= 11 is 1.78. The first kappa shape index (κ1) is 23.5. The number of nitrogens with one attached hydrogen (secondary N) is 1. The molecule has 3 aromatic rings. The first-order valence-corrected chi connectivity index (χ1v) is 13.9. The Hall–Kier alpha value is -2.87. The van der Waals surface area contributed by atoms with Crippen molar-refractivity contribution >= 4 is 23.4 Å². The lowest BCUT2D eigenvalue weighted by Gasteiger charge is -2.43. The number of piperazine rings is 1. The molecule has 0 saturated carbocycles. The number of carbonyl (C=O) groups excluding carboxylic acids is 1. The van der Waals surface area contributed by atoms with Gasteiger partial charge in [0.1, 0.15) is 0 Å². The van der Waals surface area contributed by atoms with Gasteiger partial charge in [-0.15, -0.1) is 11.8 Å². The van der Waals surface area contributed by atoms with E-state index in [1.807, 2.05) is 24.2 Å². The molecule has 0 radical (unpaired) electrons. The zero-order valence-electron chi connectivity index (χ0n) is 20.7. The van der Waals surface area contributed by atoms with Gasteiger partial charge in [-0.3, -0.25) is 20.0 Å². The Morgan fingerprint density at radius 1 is 1.08 bits per heavy atom.